The molecule has 0 atom stereocenters. The Morgan fingerprint density at radius 3 is 2.60 bits per heavy atom. The van der Waals surface area contributed by atoms with Crippen LogP contribution in [0.15, 0.2) is 30.5 Å². The van der Waals surface area contributed by atoms with Gasteiger partial charge in [-0.05, 0) is 43.7 Å². The van der Waals surface area contributed by atoms with Gasteiger partial charge in [-0.2, -0.15) is 0 Å². The third-order valence-corrected chi connectivity index (χ3v) is 4.47. The van der Waals surface area contributed by atoms with Crippen molar-refractivity contribution in [1.82, 2.24) is 9.97 Å². The number of aromatic nitrogens is 2. The molecule has 0 unspecified atom stereocenters. The minimum Gasteiger partial charge on any atom is -0.478 e. The van der Waals surface area contributed by atoms with Crippen molar-refractivity contribution in [2.75, 3.05) is 18.0 Å². The van der Waals surface area contributed by atoms with Crippen LogP contribution in [0.2, 0.25) is 0 Å². The van der Waals surface area contributed by atoms with Gasteiger partial charge in [-0.15, -0.1) is 0 Å². The van der Waals surface area contributed by atoms with Crippen LogP contribution in [0.1, 0.15) is 24.1 Å². The summed E-state index contributed by atoms with van der Waals surface area (Å²) in [7, 11) is 0. The molecule has 0 amide bonds. The number of benzene rings is 1. The summed E-state index contributed by atoms with van der Waals surface area (Å²) in [5.74, 6) is -0.400. The molecule has 1 aromatic heterocycles. The van der Waals surface area contributed by atoms with Crippen LogP contribution in [0, 0.1) is 19.7 Å². The van der Waals surface area contributed by atoms with Crippen LogP contribution in [0.5, 0.6) is 5.75 Å². The van der Waals surface area contributed by atoms with Crippen LogP contribution in [-0.4, -0.2) is 39.7 Å². The van der Waals surface area contributed by atoms with Crippen molar-refractivity contribution in [3.63, 3.8) is 0 Å². The molecule has 0 spiro atoms. The van der Waals surface area contributed by atoms with E-state index in [0.29, 0.717) is 30.4 Å². The van der Waals surface area contributed by atoms with E-state index in [1.165, 1.54) is 18.2 Å². The summed E-state index contributed by atoms with van der Waals surface area (Å²) in [5.41, 5.74) is 0.103. The number of ether oxygens (including phenoxy) is 1. The first kappa shape index (κ1) is 17.1. The highest BCUT2D eigenvalue weighted by atomic mass is 19.1. The van der Waals surface area contributed by atoms with Gasteiger partial charge in [-0.3, -0.25) is 0 Å². The number of hydrogen-bond donors (Lipinski definition) is 1. The third kappa shape index (κ3) is 3.55. The molecule has 1 aromatic carbocycles. The molecular weight excluding hydrogens is 325 g/mol. The molecule has 0 aliphatic carbocycles. The lowest BCUT2D eigenvalue weighted by Gasteiger charge is -2.39. The van der Waals surface area contributed by atoms with Crippen LogP contribution in [0.3, 0.4) is 0 Å². The first-order valence-corrected chi connectivity index (χ1v) is 8.13. The number of halogens is 1. The third-order valence-electron chi connectivity index (χ3n) is 4.47. The molecule has 0 saturated carbocycles. The minimum atomic E-state index is -1.33. The number of nitrogens with zero attached hydrogens (tertiary/aromatic N) is 3. The van der Waals surface area contributed by atoms with Gasteiger partial charge in [0.25, 0.3) is 0 Å². The molecule has 1 fully saturated rings. The second kappa shape index (κ2) is 6.66. The molecule has 1 N–H and O–H groups in total. The molecule has 7 heteroatoms. The molecule has 3 rings (SSSR count). The summed E-state index contributed by atoms with van der Waals surface area (Å²) in [6.07, 6.45) is 2.27. The number of carbonyl (C=O) groups is 1. The average molecular weight is 345 g/mol. The number of carboxylic acids is 1. The maximum absolute atomic E-state index is 13.3. The van der Waals surface area contributed by atoms with Gasteiger partial charge in [0, 0.05) is 37.8 Å². The molecule has 2 aromatic rings. The van der Waals surface area contributed by atoms with Crippen molar-refractivity contribution in [1.29, 1.82) is 0 Å². The van der Waals surface area contributed by atoms with Crippen LogP contribution >= 0.6 is 0 Å². The molecule has 6 nitrogen and oxygen atoms in total. The predicted octanol–water partition coefficient (Wildman–Crippen LogP) is 2.74. The van der Waals surface area contributed by atoms with Crippen molar-refractivity contribution in [2.24, 2.45) is 0 Å². The number of aliphatic carboxylic acids is 1. The van der Waals surface area contributed by atoms with Crippen LogP contribution in [0.25, 0.3) is 0 Å². The smallest absolute Gasteiger partial charge is 0.348 e. The maximum Gasteiger partial charge on any atom is 0.348 e. The molecule has 25 heavy (non-hydrogen) atoms. The van der Waals surface area contributed by atoms with Gasteiger partial charge in [0.1, 0.15) is 11.6 Å². The largest absolute Gasteiger partial charge is 0.478 e. The van der Waals surface area contributed by atoms with Gasteiger partial charge in [-0.25, -0.2) is 19.2 Å². The van der Waals surface area contributed by atoms with Crippen molar-refractivity contribution in [3.8, 4) is 5.75 Å². The number of aryl methyl sites for hydroxylation is 2. The number of rotatable bonds is 4. The summed E-state index contributed by atoms with van der Waals surface area (Å²) >= 11 is 0. The Balaban J connectivity index is 1.78. The predicted molar refractivity (Wildman–Crippen MR) is 90.3 cm³/mol. The van der Waals surface area contributed by atoms with Crippen molar-refractivity contribution < 1.29 is 19.0 Å². The fourth-order valence-corrected chi connectivity index (χ4v) is 2.95. The van der Waals surface area contributed by atoms with E-state index in [9.17, 15) is 14.3 Å². The van der Waals surface area contributed by atoms with E-state index < -0.39 is 11.6 Å². The minimum absolute atomic E-state index is 0.288. The second-order valence-corrected chi connectivity index (χ2v) is 6.30. The zero-order chi connectivity index (χ0) is 18.0. The standard InChI is InChI=1S/C18H20FN3O3/c1-12-11-14(19)3-4-15(12)25-18(16(23)24)6-9-22(10-7-18)17-20-8-5-13(2)21-17/h3-5,8,11H,6-7,9-10H2,1-2H3,(H,23,24). The van der Waals surface area contributed by atoms with Gasteiger partial charge in [0.2, 0.25) is 11.5 Å². The Morgan fingerprint density at radius 2 is 2.00 bits per heavy atom. The zero-order valence-electron chi connectivity index (χ0n) is 14.2. The quantitative estimate of drug-likeness (QED) is 0.918. The topological polar surface area (TPSA) is 75.6 Å². The van der Waals surface area contributed by atoms with Gasteiger partial charge < -0.3 is 14.7 Å². The SMILES string of the molecule is Cc1ccnc(N2CCC(Oc3ccc(F)cc3C)(C(=O)O)CC2)n1. The highest BCUT2D eigenvalue weighted by Crippen LogP contribution is 2.32. The van der Waals surface area contributed by atoms with Crippen molar-refractivity contribution >= 4 is 11.9 Å². The summed E-state index contributed by atoms with van der Waals surface area (Å²) in [6, 6.07) is 5.90. The van der Waals surface area contributed by atoms with Gasteiger partial charge in [-0.1, -0.05) is 0 Å². The number of anilines is 1. The van der Waals surface area contributed by atoms with E-state index in [0.717, 1.165) is 5.69 Å². The average Bonchev–Trinajstić information content (AvgIpc) is 2.58. The molecule has 0 bridgehead atoms. The van der Waals surface area contributed by atoms with Gasteiger partial charge in [0.15, 0.2) is 0 Å². The molecule has 1 aliphatic rings. The highest BCUT2D eigenvalue weighted by molar-refractivity contribution is 5.78. The summed E-state index contributed by atoms with van der Waals surface area (Å²) in [5, 5.41) is 9.75. The molecule has 1 saturated heterocycles. The number of hydrogen-bond acceptors (Lipinski definition) is 5. The Kier molecular flexibility index (Phi) is 4.57. The summed E-state index contributed by atoms with van der Waals surface area (Å²) in [4.78, 5) is 22.5. The van der Waals surface area contributed by atoms with E-state index in [2.05, 4.69) is 9.97 Å². The van der Waals surface area contributed by atoms with E-state index in [-0.39, 0.29) is 18.7 Å². The molecule has 132 valence electrons. The second-order valence-electron chi connectivity index (χ2n) is 6.30. The van der Waals surface area contributed by atoms with E-state index in [1.807, 2.05) is 17.9 Å². The maximum atomic E-state index is 13.3. The van der Waals surface area contributed by atoms with Crippen LogP contribution in [0.4, 0.5) is 10.3 Å². The van der Waals surface area contributed by atoms with Crippen molar-refractivity contribution in [3.05, 3.63) is 47.5 Å². The summed E-state index contributed by atoms with van der Waals surface area (Å²) in [6.45, 7) is 4.52. The fraction of sp³-hybridized carbons (Fsp3) is 0.389. The molecule has 2 heterocycles. The Bertz CT molecular complexity index is 789. The lowest BCUT2D eigenvalue weighted by molar-refractivity contribution is -0.157. The number of piperidine rings is 1. The summed E-state index contributed by atoms with van der Waals surface area (Å²) < 4.78 is 19.1. The Labute approximate surface area is 145 Å². The highest BCUT2D eigenvalue weighted by Gasteiger charge is 2.44. The van der Waals surface area contributed by atoms with Crippen LogP contribution in [-0.2, 0) is 4.79 Å². The van der Waals surface area contributed by atoms with Crippen LogP contribution < -0.4 is 9.64 Å². The lowest BCUT2D eigenvalue weighted by atomic mass is 9.91. The molecular formula is C18H20FN3O3. The molecule has 0 radical (unpaired) electrons. The first-order chi connectivity index (χ1) is 11.9. The number of carboxylic acid groups (broad SMARTS) is 1. The van der Waals surface area contributed by atoms with Gasteiger partial charge in [0.05, 0.1) is 0 Å². The van der Waals surface area contributed by atoms with E-state index in [1.54, 1.807) is 13.1 Å². The lowest BCUT2D eigenvalue weighted by Crippen LogP contribution is -2.53. The zero-order valence-corrected chi connectivity index (χ0v) is 14.2. The normalized spacial score (nSPS) is 16.5. The van der Waals surface area contributed by atoms with Gasteiger partial charge >= 0.3 is 5.97 Å². The monoisotopic (exact) mass is 345 g/mol. The van der Waals surface area contributed by atoms with Crippen molar-refractivity contribution in [2.45, 2.75) is 32.3 Å². The fourth-order valence-electron chi connectivity index (χ4n) is 2.95. The van der Waals surface area contributed by atoms with E-state index >= 15 is 0 Å². The van der Waals surface area contributed by atoms with E-state index in [4.69, 9.17) is 4.74 Å². The Morgan fingerprint density at radius 1 is 1.28 bits per heavy atom. The Hall–Kier alpha value is -2.70. The first-order valence-electron chi connectivity index (χ1n) is 8.13. The molecule has 1 aliphatic heterocycles.